The molecule has 23 heavy (non-hydrogen) atoms. The molecule has 1 rings (SSSR count). The van der Waals surface area contributed by atoms with Gasteiger partial charge in [0.2, 0.25) is 0 Å². The molecule has 0 spiro atoms. The van der Waals surface area contributed by atoms with Crippen molar-refractivity contribution in [3.63, 3.8) is 0 Å². The minimum atomic E-state index is 0. The molecule has 5 nitrogen and oxygen atoms in total. The Morgan fingerprint density at radius 2 is 1.74 bits per heavy atom. The van der Waals surface area contributed by atoms with Gasteiger partial charge in [-0.1, -0.05) is 27.2 Å². The maximum atomic E-state index is 4.84. The number of likely N-dealkylation sites (N-methyl/N-ethyl adjacent to an activating group) is 1. The monoisotopic (exact) mass is 439 g/mol. The molecular formula is C17H38IN5. The zero-order valence-electron chi connectivity index (χ0n) is 15.8. The summed E-state index contributed by atoms with van der Waals surface area (Å²) in [7, 11) is 2.21. The van der Waals surface area contributed by atoms with Crippen LogP contribution in [0.25, 0.3) is 0 Å². The molecular weight excluding hydrogens is 401 g/mol. The van der Waals surface area contributed by atoms with E-state index in [1.165, 1.54) is 25.9 Å². The molecule has 138 valence electrons. The smallest absolute Gasteiger partial charge is 0.191 e. The Kier molecular flexibility index (Phi) is 13.2. The van der Waals surface area contributed by atoms with Crippen molar-refractivity contribution in [2.24, 2.45) is 10.9 Å². The number of nitrogens with zero attached hydrogens (tertiary/aromatic N) is 3. The topological polar surface area (TPSA) is 42.9 Å². The summed E-state index contributed by atoms with van der Waals surface area (Å²) in [6.45, 7) is 16.4. The first-order chi connectivity index (χ1) is 10.6. The van der Waals surface area contributed by atoms with Crippen LogP contribution in [0.4, 0.5) is 0 Å². The van der Waals surface area contributed by atoms with Crippen LogP contribution in [-0.4, -0.2) is 74.7 Å². The van der Waals surface area contributed by atoms with Gasteiger partial charge >= 0.3 is 0 Å². The quantitative estimate of drug-likeness (QED) is 0.264. The third-order valence-corrected chi connectivity index (χ3v) is 4.38. The van der Waals surface area contributed by atoms with Crippen LogP contribution in [0.1, 0.15) is 40.5 Å². The van der Waals surface area contributed by atoms with Crippen LogP contribution in [-0.2, 0) is 0 Å². The van der Waals surface area contributed by atoms with Crippen molar-refractivity contribution < 1.29 is 0 Å². The highest BCUT2D eigenvalue weighted by Crippen LogP contribution is 2.13. The zero-order valence-corrected chi connectivity index (χ0v) is 18.1. The number of halogens is 1. The molecule has 2 N–H and O–H groups in total. The van der Waals surface area contributed by atoms with Crippen LogP contribution in [0.15, 0.2) is 4.99 Å². The summed E-state index contributed by atoms with van der Waals surface area (Å²) in [5.74, 6) is 1.60. The molecule has 0 aromatic rings. The molecule has 0 saturated carbocycles. The molecule has 1 aliphatic heterocycles. The molecule has 1 heterocycles. The number of unbranched alkanes of at least 4 members (excludes halogenated alkanes) is 1. The molecule has 0 aliphatic carbocycles. The summed E-state index contributed by atoms with van der Waals surface area (Å²) < 4.78 is 0. The van der Waals surface area contributed by atoms with E-state index in [0.29, 0.717) is 12.0 Å². The van der Waals surface area contributed by atoms with Gasteiger partial charge in [0.05, 0.1) is 6.54 Å². The van der Waals surface area contributed by atoms with E-state index >= 15 is 0 Å². The Labute approximate surface area is 160 Å². The number of nitrogens with one attached hydrogen (secondary N) is 2. The van der Waals surface area contributed by atoms with E-state index in [0.717, 1.165) is 38.7 Å². The third-order valence-electron chi connectivity index (χ3n) is 4.38. The highest BCUT2D eigenvalue weighted by Gasteiger charge is 2.24. The van der Waals surface area contributed by atoms with E-state index in [-0.39, 0.29) is 24.0 Å². The first kappa shape index (κ1) is 22.9. The number of hydrogen-bond donors (Lipinski definition) is 2. The zero-order chi connectivity index (χ0) is 16.4. The van der Waals surface area contributed by atoms with Gasteiger partial charge in [0.25, 0.3) is 0 Å². The first-order valence-corrected chi connectivity index (χ1v) is 9.03. The van der Waals surface area contributed by atoms with Crippen LogP contribution < -0.4 is 10.6 Å². The van der Waals surface area contributed by atoms with E-state index in [2.05, 4.69) is 55.2 Å². The molecule has 0 aromatic carbocycles. The van der Waals surface area contributed by atoms with Gasteiger partial charge < -0.3 is 15.5 Å². The van der Waals surface area contributed by atoms with E-state index in [4.69, 9.17) is 4.99 Å². The van der Waals surface area contributed by atoms with E-state index in [1.54, 1.807) is 0 Å². The van der Waals surface area contributed by atoms with Crippen molar-refractivity contribution in [2.45, 2.75) is 46.6 Å². The lowest BCUT2D eigenvalue weighted by molar-refractivity contribution is 0.0925. The van der Waals surface area contributed by atoms with Crippen LogP contribution in [0.5, 0.6) is 0 Å². The van der Waals surface area contributed by atoms with Crippen LogP contribution in [0.2, 0.25) is 0 Å². The Morgan fingerprint density at radius 3 is 2.26 bits per heavy atom. The second kappa shape index (κ2) is 13.2. The van der Waals surface area contributed by atoms with E-state index < -0.39 is 0 Å². The molecule has 1 unspecified atom stereocenters. The average Bonchev–Trinajstić information content (AvgIpc) is 2.49. The molecule has 6 heteroatoms. The van der Waals surface area contributed by atoms with Crippen LogP contribution >= 0.6 is 24.0 Å². The summed E-state index contributed by atoms with van der Waals surface area (Å²) in [6, 6.07) is 0.537. The second-order valence-corrected chi connectivity index (χ2v) is 6.65. The number of guanidine groups is 1. The largest absolute Gasteiger partial charge is 0.357 e. The van der Waals surface area contributed by atoms with Crippen LogP contribution in [0, 0.1) is 5.92 Å². The fraction of sp³-hybridized carbons (Fsp3) is 0.941. The average molecular weight is 439 g/mol. The Hall–Kier alpha value is -0.0800. The number of hydrogen-bond acceptors (Lipinski definition) is 3. The predicted octanol–water partition coefficient (Wildman–Crippen LogP) is 2.23. The molecule has 1 atom stereocenters. The summed E-state index contributed by atoms with van der Waals surface area (Å²) >= 11 is 0. The lowest BCUT2D eigenvalue weighted by atomic mass is 10.0. The predicted molar refractivity (Wildman–Crippen MR) is 112 cm³/mol. The summed E-state index contributed by atoms with van der Waals surface area (Å²) in [6.07, 6.45) is 2.40. The van der Waals surface area contributed by atoms with Gasteiger partial charge in [0.15, 0.2) is 5.96 Å². The maximum absolute atomic E-state index is 4.84. The molecule has 0 bridgehead atoms. The van der Waals surface area contributed by atoms with Gasteiger partial charge in [0.1, 0.15) is 0 Å². The molecule has 0 radical (unpaired) electrons. The third kappa shape index (κ3) is 9.10. The van der Waals surface area contributed by atoms with Crippen molar-refractivity contribution >= 4 is 29.9 Å². The van der Waals surface area contributed by atoms with Gasteiger partial charge in [-0.15, -0.1) is 24.0 Å². The Balaban J connectivity index is 0.00000484. The van der Waals surface area contributed by atoms with Crippen molar-refractivity contribution in [1.29, 1.82) is 0 Å². The highest BCUT2D eigenvalue weighted by atomic mass is 127. The maximum Gasteiger partial charge on any atom is 0.191 e. The van der Waals surface area contributed by atoms with Crippen LogP contribution in [0.3, 0.4) is 0 Å². The van der Waals surface area contributed by atoms with Crippen molar-refractivity contribution in [2.75, 3.05) is 52.9 Å². The van der Waals surface area contributed by atoms with E-state index in [9.17, 15) is 0 Å². The molecule has 0 amide bonds. The standard InChI is InChI=1S/C17H37N5.HI/c1-6-8-9-19-17(18-7-2)20-14-16(15(3)4)22-12-10-21(5)11-13-22;/h15-16H,6-14H2,1-5H3,(H2,18,19,20);1H. The minimum absolute atomic E-state index is 0. The fourth-order valence-corrected chi connectivity index (χ4v) is 2.81. The lowest BCUT2D eigenvalue weighted by Crippen LogP contribution is -2.52. The van der Waals surface area contributed by atoms with E-state index in [1.807, 2.05) is 0 Å². The molecule has 1 aliphatic rings. The lowest BCUT2D eigenvalue weighted by Gasteiger charge is -2.39. The normalized spacial score (nSPS) is 18.6. The van der Waals surface area contributed by atoms with Gasteiger partial charge in [-0.05, 0) is 26.3 Å². The van der Waals surface area contributed by atoms with Crippen molar-refractivity contribution in [1.82, 2.24) is 20.4 Å². The Bertz CT molecular complexity index is 314. The summed E-state index contributed by atoms with van der Waals surface area (Å²) in [5, 5.41) is 6.80. The molecule has 1 saturated heterocycles. The molecule has 0 aromatic heterocycles. The summed E-state index contributed by atoms with van der Waals surface area (Å²) in [4.78, 5) is 9.87. The van der Waals surface area contributed by atoms with Gasteiger partial charge in [-0.3, -0.25) is 9.89 Å². The fourth-order valence-electron chi connectivity index (χ4n) is 2.81. The second-order valence-electron chi connectivity index (χ2n) is 6.65. The molecule has 1 fully saturated rings. The minimum Gasteiger partial charge on any atom is -0.357 e. The highest BCUT2D eigenvalue weighted by molar-refractivity contribution is 14.0. The summed E-state index contributed by atoms with van der Waals surface area (Å²) in [5.41, 5.74) is 0. The number of aliphatic imine (C=N–C) groups is 1. The van der Waals surface area contributed by atoms with Crippen molar-refractivity contribution in [3.8, 4) is 0 Å². The number of piperazine rings is 1. The van der Waals surface area contributed by atoms with Gasteiger partial charge in [-0.2, -0.15) is 0 Å². The Morgan fingerprint density at radius 1 is 1.09 bits per heavy atom. The van der Waals surface area contributed by atoms with Crippen molar-refractivity contribution in [3.05, 3.63) is 0 Å². The van der Waals surface area contributed by atoms with Gasteiger partial charge in [0, 0.05) is 45.3 Å². The first-order valence-electron chi connectivity index (χ1n) is 9.03. The SMILES string of the molecule is CCCCNC(=NCC(C(C)C)N1CCN(C)CC1)NCC.I. The number of rotatable bonds is 8. The van der Waals surface area contributed by atoms with Gasteiger partial charge in [-0.25, -0.2) is 0 Å².